The lowest BCUT2D eigenvalue weighted by molar-refractivity contribution is -0.383. The van der Waals surface area contributed by atoms with Gasteiger partial charge in [-0.2, -0.15) is 0 Å². The predicted molar refractivity (Wildman–Crippen MR) is 80.7 cm³/mol. The Bertz CT molecular complexity index is 669. The number of anilines is 1. The summed E-state index contributed by atoms with van der Waals surface area (Å²) < 4.78 is 0. The van der Waals surface area contributed by atoms with E-state index in [9.17, 15) is 14.9 Å². The number of carbonyl (C=O) groups excluding carboxylic acids is 1. The molecular formula is C15H13N3O3. The Kier molecular flexibility index (Phi) is 4.66. The first kappa shape index (κ1) is 14.3. The van der Waals surface area contributed by atoms with Crippen molar-refractivity contribution < 1.29 is 9.72 Å². The molecule has 6 heteroatoms. The van der Waals surface area contributed by atoms with Crippen LogP contribution in [0.2, 0.25) is 0 Å². The summed E-state index contributed by atoms with van der Waals surface area (Å²) in [6.07, 6.45) is 3.19. The van der Waals surface area contributed by atoms with Crippen molar-refractivity contribution in [1.82, 2.24) is 5.32 Å². The van der Waals surface area contributed by atoms with Crippen molar-refractivity contribution in [2.75, 3.05) is 5.32 Å². The second-order valence-corrected chi connectivity index (χ2v) is 4.12. The molecule has 2 aromatic rings. The molecule has 0 aliphatic carbocycles. The van der Waals surface area contributed by atoms with Crippen molar-refractivity contribution in [2.45, 2.75) is 0 Å². The number of urea groups is 1. The van der Waals surface area contributed by atoms with E-state index in [0.717, 1.165) is 5.56 Å². The summed E-state index contributed by atoms with van der Waals surface area (Å²) in [6.45, 7) is 0. The van der Waals surface area contributed by atoms with Crippen LogP contribution in [-0.4, -0.2) is 11.0 Å². The first-order valence-corrected chi connectivity index (χ1v) is 6.19. The lowest BCUT2D eigenvalue weighted by Crippen LogP contribution is -2.24. The monoisotopic (exact) mass is 283 g/mol. The van der Waals surface area contributed by atoms with Gasteiger partial charge in [0.05, 0.1) is 4.92 Å². The quantitative estimate of drug-likeness (QED) is 0.666. The molecule has 106 valence electrons. The second-order valence-electron chi connectivity index (χ2n) is 4.12. The maximum Gasteiger partial charge on any atom is 0.323 e. The summed E-state index contributed by atoms with van der Waals surface area (Å²) in [5.74, 6) is 0. The number of nitrogens with zero attached hydrogens (tertiary/aromatic N) is 1. The molecule has 0 saturated heterocycles. The van der Waals surface area contributed by atoms with Crippen LogP contribution in [0.3, 0.4) is 0 Å². The van der Waals surface area contributed by atoms with Crippen LogP contribution in [0.25, 0.3) is 6.08 Å². The highest BCUT2D eigenvalue weighted by molar-refractivity contribution is 5.92. The third-order valence-corrected chi connectivity index (χ3v) is 2.64. The van der Waals surface area contributed by atoms with Crippen molar-refractivity contribution >= 4 is 23.5 Å². The lowest BCUT2D eigenvalue weighted by Gasteiger charge is -2.04. The fraction of sp³-hybridized carbons (Fsp3) is 0. The first-order chi connectivity index (χ1) is 10.2. The van der Waals surface area contributed by atoms with Gasteiger partial charge in [-0.3, -0.25) is 10.1 Å². The fourth-order valence-corrected chi connectivity index (χ4v) is 1.67. The maximum atomic E-state index is 11.7. The smallest absolute Gasteiger partial charge is 0.314 e. The van der Waals surface area contributed by atoms with Gasteiger partial charge in [-0.25, -0.2) is 4.79 Å². The van der Waals surface area contributed by atoms with Gasteiger partial charge in [0.15, 0.2) is 0 Å². The molecule has 0 unspecified atom stereocenters. The highest BCUT2D eigenvalue weighted by Gasteiger charge is 2.13. The molecule has 0 heterocycles. The Morgan fingerprint density at radius 1 is 1.05 bits per heavy atom. The van der Waals surface area contributed by atoms with Crippen LogP contribution in [0.5, 0.6) is 0 Å². The molecule has 2 N–H and O–H groups in total. The highest BCUT2D eigenvalue weighted by atomic mass is 16.6. The summed E-state index contributed by atoms with van der Waals surface area (Å²) in [7, 11) is 0. The molecule has 0 saturated carbocycles. The van der Waals surface area contributed by atoms with E-state index in [1.165, 1.54) is 24.4 Å². The average Bonchev–Trinajstić information content (AvgIpc) is 2.48. The largest absolute Gasteiger partial charge is 0.323 e. The molecular weight excluding hydrogens is 270 g/mol. The molecule has 0 fully saturated rings. The van der Waals surface area contributed by atoms with E-state index in [0.29, 0.717) is 0 Å². The Morgan fingerprint density at radius 3 is 2.43 bits per heavy atom. The lowest BCUT2D eigenvalue weighted by atomic mass is 10.2. The zero-order chi connectivity index (χ0) is 15.1. The first-order valence-electron chi connectivity index (χ1n) is 6.19. The van der Waals surface area contributed by atoms with Crippen molar-refractivity contribution in [1.29, 1.82) is 0 Å². The number of hydrogen-bond donors (Lipinski definition) is 2. The molecule has 2 rings (SSSR count). The zero-order valence-corrected chi connectivity index (χ0v) is 11.0. The van der Waals surface area contributed by atoms with E-state index in [4.69, 9.17) is 0 Å². The highest BCUT2D eigenvalue weighted by Crippen LogP contribution is 2.22. The van der Waals surface area contributed by atoms with Gasteiger partial charge in [-0.15, -0.1) is 0 Å². The van der Waals surface area contributed by atoms with Gasteiger partial charge in [0.1, 0.15) is 5.69 Å². The Labute approximate surface area is 121 Å². The summed E-state index contributed by atoms with van der Waals surface area (Å²) in [4.78, 5) is 22.0. The number of nitrogens with one attached hydrogen (secondary N) is 2. The molecule has 6 nitrogen and oxygen atoms in total. The molecule has 0 aliphatic heterocycles. The van der Waals surface area contributed by atoms with Gasteiger partial charge in [0, 0.05) is 12.3 Å². The number of amides is 2. The summed E-state index contributed by atoms with van der Waals surface area (Å²) in [5, 5.41) is 15.7. The van der Waals surface area contributed by atoms with Crippen LogP contribution in [0.4, 0.5) is 16.2 Å². The van der Waals surface area contributed by atoms with E-state index < -0.39 is 11.0 Å². The van der Waals surface area contributed by atoms with Gasteiger partial charge in [-0.1, -0.05) is 42.5 Å². The van der Waals surface area contributed by atoms with Gasteiger partial charge in [0.25, 0.3) is 5.69 Å². The number of nitro groups is 1. The Balaban J connectivity index is 1.97. The van der Waals surface area contributed by atoms with Crippen LogP contribution < -0.4 is 10.6 Å². The van der Waals surface area contributed by atoms with Crippen LogP contribution >= 0.6 is 0 Å². The Hall–Kier alpha value is -3.15. The summed E-state index contributed by atoms with van der Waals surface area (Å²) >= 11 is 0. The van der Waals surface area contributed by atoms with Crippen molar-refractivity contribution in [3.05, 3.63) is 76.5 Å². The minimum absolute atomic E-state index is 0.146. The molecule has 0 atom stereocenters. The third kappa shape index (κ3) is 4.17. The molecule has 2 aromatic carbocycles. The van der Waals surface area contributed by atoms with Crippen molar-refractivity contribution in [2.24, 2.45) is 0 Å². The minimum Gasteiger partial charge on any atom is -0.314 e. The number of nitro benzene ring substituents is 1. The normalized spacial score (nSPS) is 10.3. The van der Waals surface area contributed by atoms with Crippen LogP contribution in [0.1, 0.15) is 5.56 Å². The number of rotatable bonds is 4. The van der Waals surface area contributed by atoms with Crippen LogP contribution in [0, 0.1) is 10.1 Å². The Morgan fingerprint density at radius 2 is 1.71 bits per heavy atom. The molecule has 2 amide bonds. The van der Waals surface area contributed by atoms with Gasteiger partial charge in [0.2, 0.25) is 0 Å². The van der Waals surface area contributed by atoms with E-state index in [1.54, 1.807) is 12.1 Å². The number of para-hydroxylation sites is 2. The fourth-order valence-electron chi connectivity index (χ4n) is 1.67. The van der Waals surface area contributed by atoms with E-state index in [1.807, 2.05) is 30.3 Å². The van der Waals surface area contributed by atoms with Crippen LogP contribution in [0.15, 0.2) is 60.8 Å². The predicted octanol–water partition coefficient (Wildman–Crippen LogP) is 3.39. The standard InChI is InChI=1S/C15H13N3O3/c19-15(16-11-10-12-6-2-1-3-7-12)17-13-8-4-5-9-14(13)18(20)21/h1-11H,(H2,16,17,19)/b11-10+. The molecule has 0 aliphatic rings. The van der Waals surface area contributed by atoms with Gasteiger partial charge >= 0.3 is 6.03 Å². The number of benzene rings is 2. The van der Waals surface area contributed by atoms with Crippen molar-refractivity contribution in [3.63, 3.8) is 0 Å². The molecule has 0 radical (unpaired) electrons. The third-order valence-electron chi connectivity index (χ3n) is 2.64. The van der Waals surface area contributed by atoms with Gasteiger partial charge in [-0.05, 0) is 17.7 Å². The van der Waals surface area contributed by atoms with Crippen LogP contribution in [-0.2, 0) is 0 Å². The minimum atomic E-state index is -0.546. The number of carbonyl (C=O) groups is 1. The average molecular weight is 283 g/mol. The maximum absolute atomic E-state index is 11.7. The number of hydrogen-bond acceptors (Lipinski definition) is 3. The van der Waals surface area contributed by atoms with E-state index in [2.05, 4.69) is 10.6 Å². The van der Waals surface area contributed by atoms with E-state index >= 15 is 0 Å². The molecule has 0 aromatic heterocycles. The molecule has 0 bridgehead atoms. The summed E-state index contributed by atoms with van der Waals surface area (Å²) in [6, 6.07) is 14.8. The second kappa shape index (κ2) is 6.85. The van der Waals surface area contributed by atoms with Gasteiger partial charge < -0.3 is 10.6 Å². The molecule has 21 heavy (non-hydrogen) atoms. The SMILES string of the molecule is O=C(N/C=C/c1ccccc1)Nc1ccccc1[N+](=O)[O-]. The topological polar surface area (TPSA) is 84.3 Å². The summed E-state index contributed by atoms with van der Waals surface area (Å²) in [5.41, 5.74) is 0.927. The van der Waals surface area contributed by atoms with Crippen molar-refractivity contribution in [3.8, 4) is 0 Å². The van der Waals surface area contributed by atoms with E-state index in [-0.39, 0.29) is 11.4 Å². The molecule has 0 spiro atoms. The zero-order valence-electron chi connectivity index (χ0n) is 11.0.